The molecular weight excluding hydrogens is 511 g/mol. The summed E-state index contributed by atoms with van der Waals surface area (Å²) in [6, 6.07) is 7.77. The second-order valence-electron chi connectivity index (χ2n) is 5.94. The minimum atomic E-state index is -4.41. The number of nitrogens with one attached hydrogen (secondary N) is 2. The molecule has 0 saturated heterocycles. The van der Waals surface area contributed by atoms with Crippen molar-refractivity contribution in [3.8, 4) is 5.75 Å². The Morgan fingerprint density at radius 2 is 1.48 bits per heavy atom. The van der Waals surface area contributed by atoms with Crippen molar-refractivity contribution in [3.63, 3.8) is 0 Å². The number of carboxylic acids is 1. The third kappa shape index (κ3) is 5.05. The highest BCUT2D eigenvalue weighted by atomic mass is 35.5. The van der Waals surface area contributed by atoms with Gasteiger partial charge in [0.2, 0.25) is 0 Å². The summed E-state index contributed by atoms with van der Waals surface area (Å²) in [7, 11) is -8.45. The zero-order valence-corrected chi connectivity index (χ0v) is 19.0. The third-order valence-corrected chi connectivity index (χ3v) is 8.67. The van der Waals surface area contributed by atoms with Gasteiger partial charge in [-0.3, -0.25) is 9.44 Å². The Hall–Kier alpha value is -2.51. The molecule has 1 heterocycles. The molecule has 3 rings (SSSR count). The summed E-state index contributed by atoms with van der Waals surface area (Å²) in [4.78, 5) is 10.7. The van der Waals surface area contributed by atoms with Gasteiger partial charge in [-0.25, -0.2) is 21.6 Å². The monoisotopic (exact) mass is 522 g/mol. The van der Waals surface area contributed by atoms with Gasteiger partial charge in [0.05, 0.1) is 26.3 Å². The molecule has 14 heteroatoms. The first-order valence-corrected chi connectivity index (χ1v) is 12.7. The van der Waals surface area contributed by atoms with Gasteiger partial charge in [0.15, 0.2) is 0 Å². The van der Waals surface area contributed by atoms with Crippen LogP contribution in [0.3, 0.4) is 0 Å². The fraction of sp³-hybridized carbons (Fsp3) is 0. The zero-order valence-electron chi connectivity index (χ0n) is 15.0. The van der Waals surface area contributed by atoms with E-state index >= 15 is 0 Å². The van der Waals surface area contributed by atoms with Gasteiger partial charge in [-0.15, -0.1) is 11.3 Å². The molecular formula is C17H12Cl2N2O7S3. The number of hydrogen-bond donors (Lipinski definition) is 4. The molecule has 0 fully saturated rings. The topological polar surface area (TPSA) is 150 Å². The number of sulfonamides is 2. The van der Waals surface area contributed by atoms with Crippen molar-refractivity contribution in [2.45, 2.75) is 9.10 Å². The summed E-state index contributed by atoms with van der Waals surface area (Å²) < 4.78 is 55.1. The first-order chi connectivity index (χ1) is 14.4. The molecule has 4 N–H and O–H groups in total. The van der Waals surface area contributed by atoms with E-state index in [9.17, 15) is 26.7 Å². The maximum Gasteiger partial charge on any atom is 0.339 e. The average Bonchev–Trinajstić information content (AvgIpc) is 3.21. The fourth-order valence-corrected chi connectivity index (χ4v) is 5.87. The van der Waals surface area contributed by atoms with Crippen LogP contribution in [-0.4, -0.2) is 33.0 Å². The normalized spacial score (nSPS) is 11.8. The first-order valence-electron chi connectivity index (χ1n) is 8.05. The molecule has 0 atom stereocenters. The standard InChI is InChI=1S/C17H12Cl2N2O7S3/c18-11-7-13(14(8-12(11)19)21-31(27,28)16-2-1-5-29-16)20-30(25,26)9-3-4-15(22)10(6-9)17(23)24/h1-8,20-22H,(H,23,24). The van der Waals surface area contributed by atoms with E-state index in [1.54, 1.807) is 5.38 Å². The lowest BCUT2D eigenvalue weighted by Gasteiger charge is -2.16. The lowest BCUT2D eigenvalue weighted by molar-refractivity contribution is 0.0693. The summed E-state index contributed by atoms with van der Waals surface area (Å²) >= 11 is 12.9. The van der Waals surface area contributed by atoms with Gasteiger partial charge < -0.3 is 10.2 Å². The molecule has 0 aliphatic carbocycles. The van der Waals surface area contributed by atoms with Crippen molar-refractivity contribution in [1.29, 1.82) is 0 Å². The number of hydrogen-bond acceptors (Lipinski definition) is 7. The van der Waals surface area contributed by atoms with Crippen LogP contribution >= 0.6 is 34.5 Å². The Balaban J connectivity index is 2.04. The van der Waals surface area contributed by atoms with Crippen LogP contribution in [-0.2, 0) is 20.0 Å². The van der Waals surface area contributed by atoms with E-state index in [4.69, 9.17) is 28.3 Å². The van der Waals surface area contributed by atoms with Crippen molar-refractivity contribution >= 4 is 71.9 Å². The van der Waals surface area contributed by atoms with E-state index in [-0.39, 0.29) is 25.6 Å². The number of halogens is 2. The van der Waals surface area contributed by atoms with Crippen molar-refractivity contribution in [2.24, 2.45) is 0 Å². The minimum Gasteiger partial charge on any atom is -0.507 e. The fourth-order valence-electron chi connectivity index (χ4n) is 2.38. The molecule has 31 heavy (non-hydrogen) atoms. The lowest BCUT2D eigenvalue weighted by Crippen LogP contribution is -2.17. The van der Waals surface area contributed by atoms with E-state index in [1.165, 1.54) is 12.1 Å². The molecule has 0 bridgehead atoms. The Morgan fingerprint density at radius 1 is 0.903 bits per heavy atom. The van der Waals surface area contributed by atoms with Gasteiger partial charge in [-0.05, 0) is 41.8 Å². The maximum atomic E-state index is 12.8. The van der Waals surface area contributed by atoms with Crippen LogP contribution in [0.15, 0.2) is 56.9 Å². The van der Waals surface area contributed by atoms with Crippen LogP contribution in [0.1, 0.15) is 10.4 Å². The van der Waals surface area contributed by atoms with E-state index in [2.05, 4.69) is 9.44 Å². The Kier molecular flexibility index (Phi) is 6.39. The van der Waals surface area contributed by atoms with Gasteiger partial charge in [-0.1, -0.05) is 29.3 Å². The number of rotatable bonds is 7. The number of phenols is 1. The van der Waals surface area contributed by atoms with Crippen molar-refractivity contribution in [2.75, 3.05) is 9.44 Å². The number of anilines is 2. The van der Waals surface area contributed by atoms with Crippen LogP contribution in [0.2, 0.25) is 10.0 Å². The van der Waals surface area contributed by atoms with Gasteiger partial charge in [0.1, 0.15) is 15.5 Å². The van der Waals surface area contributed by atoms with E-state index in [1.807, 2.05) is 0 Å². The molecule has 0 unspecified atom stereocenters. The second-order valence-corrected chi connectivity index (χ2v) is 11.3. The summed E-state index contributed by atoms with van der Waals surface area (Å²) in [5.74, 6) is -2.15. The third-order valence-electron chi connectivity index (χ3n) is 3.82. The highest BCUT2D eigenvalue weighted by Gasteiger charge is 2.23. The number of aromatic hydroxyl groups is 1. The Bertz CT molecular complexity index is 1370. The lowest BCUT2D eigenvalue weighted by atomic mass is 10.2. The predicted octanol–water partition coefficient (Wildman–Crippen LogP) is 4.06. The molecule has 9 nitrogen and oxygen atoms in total. The highest BCUT2D eigenvalue weighted by Crippen LogP contribution is 2.36. The second kappa shape index (κ2) is 8.55. The number of thiophene rings is 1. The molecule has 0 spiro atoms. The maximum absolute atomic E-state index is 12.8. The zero-order chi connectivity index (χ0) is 23.0. The first kappa shape index (κ1) is 23.2. The van der Waals surface area contributed by atoms with E-state index in [0.717, 1.165) is 41.7 Å². The molecule has 3 aromatic rings. The van der Waals surface area contributed by atoms with Crippen LogP contribution in [0.5, 0.6) is 5.75 Å². The van der Waals surface area contributed by atoms with Gasteiger partial charge in [0, 0.05) is 0 Å². The average molecular weight is 523 g/mol. The van der Waals surface area contributed by atoms with Crippen LogP contribution in [0.4, 0.5) is 11.4 Å². The highest BCUT2D eigenvalue weighted by molar-refractivity contribution is 7.94. The van der Waals surface area contributed by atoms with Crippen molar-refractivity contribution in [3.05, 3.63) is 63.5 Å². The number of aromatic carboxylic acids is 1. The summed E-state index contributed by atoms with van der Waals surface area (Å²) in [6.45, 7) is 0. The molecule has 1 aromatic heterocycles. The van der Waals surface area contributed by atoms with Crippen LogP contribution in [0.25, 0.3) is 0 Å². The predicted molar refractivity (Wildman–Crippen MR) is 117 cm³/mol. The quantitative estimate of drug-likeness (QED) is 0.365. The summed E-state index contributed by atoms with van der Waals surface area (Å²) in [6.07, 6.45) is 0. The molecule has 2 aromatic carbocycles. The molecule has 0 aliphatic heterocycles. The summed E-state index contributed by atoms with van der Waals surface area (Å²) in [5.41, 5.74) is -1.08. The number of benzene rings is 2. The number of carboxylic acid groups (broad SMARTS) is 1. The SMILES string of the molecule is O=C(O)c1cc(S(=O)(=O)Nc2cc(Cl)c(Cl)cc2NS(=O)(=O)c2cccs2)ccc1O. The van der Waals surface area contributed by atoms with E-state index < -0.39 is 42.2 Å². The molecule has 0 amide bonds. The number of carbonyl (C=O) groups is 1. The molecule has 0 radical (unpaired) electrons. The van der Waals surface area contributed by atoms with Crippen molar-refractivity contribution in [1.82, 2.24) is 0 Å². The molecule has 164 valence electrons. The van der Waals surface area contributed by atoms with E-state index in [0.29, 0.717) is 0 Å². The van der Waals surface area contributed by atoms with Crippen LogP contribution in [0, 0.1) is 0 Å². The minimum absolute atomic E-state index is 0.0167. The van der Waals surface area contributed by atoms with Gasteiger partial charge >= 0.3 is 5.97 Å². The Labute approximate surface area is 191 Å². The van der Waals surface area contributed by atoms with Crippen molar-refractivity contribution < 1.29 is 31.8 Å². The molecule has 0 aliphatic rings. The molecule has 0 saturated carbocycles. The summed E-state index contributed by atoms with van der Waals surface area (Å²) in [5, 5.41) is 20.1. The Morgan fingerprint density at radius 3 is 2.00 bits per heavy atom. The smallest absolute Gasteiger partial charge is 0.339 e. The van der Waals surface area contributed by atoms with Gasteiger partial charge in [-0.2, -0.15) is 0 Å². The van der Waals surface area contributed by atoms with Crippen LogP contribution < -0.4 is 9.44 Å². The van der Waals surface area contributed by atoms with Gasteiger partial charge in [0.25, 0.3) is 20.0 Å². The largest absolute Gasteiger partial charge is 0.507 e.